The molecule has 0 bridgehead atoms. The lowest BCUT2D eigenvalue weighted by Crippen LogP contribution is -1.97. The van der Waals surface area contributed by atoms with E-state index in [0.29, 0.717) is 5.56 Å². The van der Waals surface area contributed by atoms with Gasteiger partial charge in [-0.15, -0.1) is 6.42 Å². The highest BCUT2D eigenvalue weighted by atomic mass is 16.6. The Morgan fingerprint density at radius 1 is 1.19 bits per heavy atom. The molecular formula is C16H12N2O3. The van der Waals surface area contributed by atoms with E-state index >= 15 is 0 Å². The number of hydrogen-bond donors (Lipinski definition) is 0. The van der Waals surface area contributed by atoms with E-state index < -0.39 is 11.0 Å². The summed E-state index contributed by atoms with van der Waals surface area (Å²) in [7, 11) is 0. The molecule has 0 saturated carbocycles. The molecule has 1 atom stereocenters. The summed E-state index contributed by atoms with van der Waals surface area (Å²) in [6.07, 6.45) is 6.30. The fourth-order valence-corrected chi connectivity index (χ4v) is 1.65. The van der Waals surface area contributed by atoms with E-state index in [9.17, 15) is 10.1 Å². The Bertz CT molecular complexity index is 673. The Labute approximate surface area is 122 Å². The van der Waals surface area contributed by atoms with Gasteiger partial charge in [-0.2, -0.15) is 0 Å². The molecule has 21 heavy (non-hydrogen) atoms. The standard InChI is InChI=1S/C16H12N2O3/c1-2-16(14-6-4-3-5-7-14)21-17-12-13-8-10-15(11-9-13)18(19)20/h1,3-12,16H/b17-12+. The summed E-state index contributed by atoms with van der Waals surface area (Å²) in [6.45, 7) is 0. The molecule has 0 fully saturated rings. The maximum atomic E-state index is 10.5. The van der Waals surface area contributed by atoms with Gasteiger partial charge in [0.25, 0.3) is 5.69 Å². The molecule has 2 aromatic carbocycles. The van der Waals surface area contributed by atoms with Crippen molar-refractivity contribution in [3.8, 4) is 12.3 Å². The van der Waals surface area contributed by atoms with Crippen LogP contribution in [0, 0.1) is 22.5 Å². The lowest BCUT2D eigenvalue weighted by atomic mass is 10.1. The second-order valence-corrected chi connectivity index (χ2v) is 4.15. The SMILES string of the molecule is C#CC(O/N=C/c1ccc([N+](=O)[O-])cc1)c1ccccc1. The average molecular weight is 280 g/mol. The number of nitrogens with zero attached hydrogens (tertiary/aromatic N) is 2. The summed E-state index contributed by atoms with van der Waals surface area (Å²) in [4.78, 5) is 15.3. The van der Waals surface area contributed by atoms with Crippen molar-refractivity contribution in [3.63, 3.8) is 0 Å². The van der Waals surface area contributed by atoms with Crippen LogP contribution < -0.4 is 0 Å². The normalized spacial score (nSPS) is 11.8. The van der Waals surface area contributed by atoms with Crippen LogP contribution in [0.2, 0.25) is 0 Å². The van der Waals surface area contributed by atoms with Crippen LogP contribution in [0.25, 0.3) is 0 Å². The number of nitro benzene ring substituents is 1. The molecule has 2 aromatic rings. The molecule has 0 amide bonds. The van der Waals surface area contributed by atoms with Gasteiger partial charge in [0, 0.05) is 17.7 Å². The molecule has 2 rings (SSSR count). The molecule has 0 spiro atoms. The van der Waals surface area contributed by atoms with E-state index in [-0.39, 0.29) is 5.69 Å². The minimum absolute atomic E-state index is 0.0267. The molecule has 0 aromatic heterocycles. The lowest BCUT2D eigenvalue weighted by molar-refractivity contribution is -0.384. The maximum Gasteiger partial charge on any atom is 0.269 e. The molecule has 1 unspecified atom stereocenters. The van der Waals surface area contributed by atoms with Crippen LogP contribution in [0.5, 0.6) is 0 Å². The van der Waals surface area contributed by atoms with Crippen molar-refractivity contribution >= 4 is 11.9 Å². The highest BCUT2D eigenvalue weighted by Crippen LogP contribution is 2.16. The Morgan fingerprint density at radius 2 is 1.86 bits per heavy atom. The predicted molar refractivity (Wildman–Crippen MR) is 79.8 cm³/mol. The third-order valence-electron chi connectivity index (χ3n) is 2.73. The summed E-state index contributed by atoms with van der Waals surface area (Å²) in [5.41, 5.74) is 1.55. The summed E-state index contributed by atoms with van der Waals surface area (Å²) in [5, 5.41) is 14.4. The maximum absolute atomic E-state index is 10.5. The van der Waals surface area contributed by atoms with Gasteiger partial charge >= 0.3 is 0 Å². The topological polar surface area (TPSA) is 64.7 Å². The summed E-state index contributed by atoms with van der Waals surface area (Å²) < 4.78 is 0. The quantitative estimate of drug-likeness (QED) is 0.365. The highest BCUT2D eigenvalue weighted by molar-refractivity contribution is 5.79. The van der Waals surface area contributed by atoms with Crippen LogP contribution >= 0.6 is 0 Å². The molecule has 5 nitrogen and oxygen atoms in total. The molecule has 104 valence electrons. The first-order valence-electron chi connectivity index (χ1n) is 6.15. The molecule has 0 N–H and O–H groups in total. The van der Waals surface area contributed by atoms with Crippen molar-refractivity contribution in [2.24, 2.45) is 5.16 Å². The highest BCUT2D eigenvalue weighted by Gasteiger charge is 2.07. The van der Waals surface area contributed by atoms with Crippen LogP contribution in [0.4, 0.5) is 5.69 Å². The third kappa shape index (κ3) is 3.91. The van der Waals surface area contributed by atoms with Crippen molar-refractivity contribution in [2.45, 2.75) is 6.10 Å². The van der Waals surface area contributed by atoms with Crippen LogP contribution in [-0.4, -0.2) is 11.1 Å². The zero-order chi connectivity index (χ0) is 15.1. The van der Waals surface area contributed by atoms with Crippen LogP contribution in [-0.2, 0) is 4.84 Å². The van der Waals surface area contributed by atoms with Crippen molar-refractivity contribution in [1.82, 2.24) is 0 Å². The molecular weight excluding hydrogens is 268 g/mol. The minimum atomic E-state index is -0.569. The first-order valence-corrected chi connectivity index (χ1v) is 6.15. The molecule has 0 aliphatic heterocycles. The van der Waals surface area contributed by atoms with E-state index in [1.807, 2.05) is 30.3 Å². The summed E-state index contributed by atoms with van der Waals surface area (Å²) in [6, 6.07) is 15.3. The second-order valence-electron chi connectivity index (χ2n) is 4.15. The van der Waals surface area contributed by atoms with Gasteiger partial charge in [-0.1, -0.05) is 41.4 Å². The number of hydrogen-bond acceptors (Lipinski definition) is 4. The van der Waals surface area contributed by atoms with Gasteiger partial charge in [0.05, 0.1) is 11.1 Å². The molecule has 0 aliphatic rings. The lowest BCUT2D eigenvalue weighted by Gasteiger charge is -2.08. The largest absolute Gasteiger partial charge is 0.374 e. The fourth-order valence-electron chi connectivity index (χ4n) is 1.65. The second kappa shape index (κ2) is 6.87. The van der Waals surface area contributed by atoms with Crippen LogP contribution in [0.1, 0.15) is 17.2 Å². The van der Waals surface area contributed by atoms with Crippen molar-refractivity contribution in [2.75, 3.05) is 0 Å². The smallest absolute Gasteiger partial charge is 0.269 e. The fraction of sp³-hybridized carbons (Fsp3) is 0.0625. The van der Waals surface area contributed by atoms with Crippen LogP contribution in [0.3, 0.4) is 0 Å². The molecule has 0 saturated heterocycles. The number of nitro groups is 1. The Balaban J connectivity index is 2.01. The average Bonchev–Trinajstić information content (AvgIpc) is 2.53. The van der Waals surface area contributed by atoms with Crippen LogP contribution in [0.15, 0.2) is 59.8 Å². The van der Waals surface area contributed by atoms with E-state index in [1.165, 1.54) is 18.3 Å². The molecule has 0 heterocycles. The molecule has 5 heteroatoms. The van der Waals surface area contributed by atoms with E-state index in [0.717, 1.165) is 5.56 Å². The summed E-state index contributed by atoms with van der Waals surface area (Å²) >= 11 is 0. The Morgan fingerprint density at radius 3 is 2.43 bits per heavy atom. The van der Waals surface area contributed by atoms with E-state index in [1.54, 1.807) is 12.1 Å². The van der Waals surface area contributed by atoms with Gasteiger partial charge in [0.1, 0.15) is 0 Å². The first kappa shape index (κ1) is 14.3. The minimum Gasteiger partial charge on any atom is -0.374 e. The zero-order valence-corrected chi connectivity index (χ0v) is 11.0. The monoisotopic (exact) mass is 280 g/mol. The number of oxime groups is 1. The van der Waals surface area contributed by atoms with E-state index in [4.69, 9.17) is 11.3 Å². The summed E-state index contributed by atoms with van der Waals surface area (Å²) in [5.74, 6) is 2.50. The van der Waals surface area contributed by atoms with Gasteiger partial charge in [-0.3, -0.25) is 10.1 Å². The number of terminal acetylenes is 1. The van der Waals surface area contributed by atoms with E-state index in [2.05, 4.69) is 11.1 Å². The van der Waals surface area contributed by atoms with Gasteiger partial charge in [0.15, 0.2) is 0 Å². The van der Waals surface area contributed by atoms with Crippen molar-refractivity contribution < 1.29 is 9.76 Å². The van der Waals surface area contributed by atoms with Gasteiger partial charge in [-0.05, 0) is 17.7 Å². The predicted octanol–water partition coefficient (Wildman–Crippen LogP) is 3.32. The van der Waals surface area contributed by atoms with Crippen molar-refractivity contribution in [3.05, 3.63) is 75.8 Å². The van der Waals surface area contributed by atoms with Gasteiger partial charge in [-0.25, -0.2) is 0 Å². The molecule has 0 aliphatic carbocycles. The first-order chi connectivity index (χ1) is 10.2. The Hall–Kier alpha value is -3.13. The number of benzene rings is 2. The third-order valence-corrected chi connectivity index (χ3v) is 2.73. The number of rotatable bonds is 5. The number of non-ortho nitro benzene ring substituents is 1. The van der Waals surface area contributed by atoms with Crippen molar-refractivity contribution in [1.29, 1.82) is 0 Å². The Kier molecular flexibility index (Phi) is 4.67. The van der Waals surface area contributed by atoms with Gasteiger partial charge in [0.2, 0.25) is 6.10 Å². The zero-order valence-electron chi connectivity index (χ0n) is 11.0. The van der Waals surface area contributed by atoms with Gasteiger partial charge < -0.3 is 4.84 Å². The molecule has 0 radical (unpaired) electrons.